The molecule has 0 saturated carbocycles. The van der Waals surface area contributed by atoms with E-state index in [0.717, 1.165) is 11.9 Å². The Bertz CT molecular complexity index is 926. The van der Waals surface area contributed by atoms with Crippen molar-refractivity contribution in [2.45, 2.75) is 11.3 Å². The lowest BCUT2D eigenvalue weighted by molar-refractivity contribution is -0.117. The molecule has 1 atom stereocenters. The molecule has 136 valence electrons. The first-order valence-corrected chi connectivity index (χ1v) is 10.2. The number of benzene rings is 2. The third-order valence-electron chi connectivity index (χ3n) is 4.36. The highest BCUT2D eigenvalue weighted by atomic mass is 32.2. The van der Waals surface area contributed by atoms with E-state index in [0.29, 0.717) is 19.5 Å². The summed E-state index contributed by atoms with van der Waals surface area (Å²) in [7, 11) is -3.49. The molecular formula is C19H20N2O4S. The number of amides is 2. The number of anilines is 1. The average molecular weight is 372 g/mol. The first-order chi connectivity index (χ1) is 12.4. The van der Waals surface area contributed by atoms with Crippen LogP contribution in [0.2, 0.25) is 0 Å². The quantitative estimate of drug-likeness (QED) is 0.869. The number of nitrogens with zero attached hydrogens (tertiary/aromatic N) is 1. The zero-order valence-electron chi connectivity index (χ0n) is 14.4. The maximum absolute atomic E-state index is 12.4. The van der Waals surface area contributed by atoms with Crippen LogP contribution in [0.15, 0.2) is 59.5 Å². The van der Waals surface area contributed by atoms with Crippen LogP contribution in [0.1, 0.15) is 16.8 Å². The molecule has 1 fully saturated rings. The van der Waals surface area contributed by atoms with Gasteiger partial charge >= 0.3 is 0 Å². The fourth-order valence-corrected chi connectivity index (χ4v) is 3.97. The van der Waals surface area contributed by atoms with Crippen LogP contribution >= 0.6 is 0 Å². The molecule has 2 aromatic rings. The van der Waals surface area contributed by atoms with E-state index in [9.17, 15) is 18.0 Å². The molecule has 0 aliphatic carbocycles. The minimum atomic E-state index is -3.49. The van der Waals surface area contributed by atoms with Crippen LogP contribution < -0.4 is 10.2 Å². The van der Waals surface area contributed by atoms with Gasteiger partial charge < -0.3 is 10.2 Å². The van der Waals surface area contributed by atoms with Crippen LogP contribution in [0.3, 0.4) is 0 Å². The van der Waals surface area contributed by atoms with E-state index < -0.39 is 15.7 Å². The zero-order valence-corrected chi connectivity index (χ0v) is 15.2. The predicted octanol–water partition coefficient (Wildman–Crippen LogP) is 1.87. The van der Waals surface area contributed by atoms with Gasteiger partial charge in [-0.25, -0.2) is 8.42 Å². The van der Waals surface area contributed by atoms with Crippen LogP contribution in [0, 0.1) is 5.92 Å². The second-order valence-corrected chi connectivity index (χ2v) is 8.37. The van der Waals surface area contributed by atoms with E-state index in [1.807, 2.05) is 30.3 Å². The van der Waals surface area contributed by atoms with E-state index in [2.05, 4.69) is 5.32 Å². The van der Waals surface area contributed by atoms with Gasteiger partial charge in [-0.2, -0.15) is 0 Å². The molecule has 0 spiro atoms. The Morgan fingerprint density at radius 2 is 1.77 bits per heavy atom. The topological polar surface area (TPSA) is 83.5 Å². The van der Waals surface area contributed by atoms with Gasteiger partial charge in [0.15, 0.2) is 9.84 Å². The number of carbonyl (C=O) groups excluding carboxylic acids is 2. The molecule has 1 saturated heterocycles. The summed E-state index contributed by atoms with van der Waals surface area (Å²) in [6.45, 7) is 0.836. The van der Waals surface area contributed by atoms with Gasteiger partial charge in [-0.3, -0.25) is 9.59 Å². The van der Waals surface area contributed by atoms with Crippen LogP contribution in [-0.2, 0) is 14.6 Å². The van der Waals surface area contributed by atoms with Crippen molar-refractivity contribution in [1.82, 2.24) is 5.32 Å². The normalized spacial score (nSPS) is 17.3. The third-order valence-corrected chi connectivity index (χ3v) is 5.51. The number of rotatable bonds is 5. The summed E-state index contributed by atoms with van der Waals surface area (Å²) in [5.74, 6) is -0.444. The van der Waals surface area contributed by atoms with Crippen molar-refractivity contribution in [3.05, 3.63) is 60.2 Å². The van der Waals surface area contributed by atoms with Gasteiger partial charge in [0.1, 0.15) is 0 Å². The standard InChI is InChI=1S/C19H20N2O4S/c1-26(24,25)17-10-6-5-9-16(17)19(23)20-12-14-11-18(22)21(13-14)15-7-3-2-4-8-15/h2-10,14H,11-13H2,1H3,(H,20,23). The van der Waals surface area contributed by atoms with E-state index in [4.69, 9.17) is 0 Å². The van der Waals surface area contributed by atoms with Crippen molar-refractivity contribution in [3.63, 3.8) is 0 Å². The SMILES string of the molecule is CS(=O)(=O)c1ccccc1C(=O)NCC1CC(=O)N(c2ccccc2)C1. The van der Waals surface area contributed by atoms with Gasteiger partial charge in [0.25, 0.3) is 5.91 Å². The molecule has 26 heavy (non-hydrogen) atoms. The van der Waals surface area contributed by atoms with E-state index in [-0.39, 0.29) is 22.3 Å². The average Bonchev–Trinajstić information content (AvgIpc) is 3.00. The van der Waals surface area contributed by atoms with Gasteiger partial charge in [-0.15, -0.1) is 0 Å². The van der Waals surface area contributed by atoms with Crippen LogP contribution in [-0.4, -0.2) is 39.6 Å². The van der Waals surface area contributed by atoms with Gasteiger partial charge in [0.2, 0.25) is 5.91 Å². The molecule has 2 aromatic carbocycles. The summed E-state index contributed by atoms with van der Waals surface area (Å²) in [4.78, 5) is 26.4. The van der Waals surface area contributed by atoms with Gasteiger partial charge in [-0.1, -0.05) is 30.3 Å². The van der Waals surface area contributed by atoms with Crippen molar-refractivity contribution in [1.29, 1.82) is 0 Å². The number of hydrogen-bond acceptors (Lipinski definition) is 4. The second kappa shape index (κ2) is 7.29. The Morgan fingerprint density at radius 1 is 1.12 bits per heavy atom. The Morgan fingerprint density at radius 3 is 2.46 bits per heavy atom. The molecule has 1 aliphatic rings. The summed E-state index contributed by atoms with van der Waals surface area (Å²) in [5.41, 5.74) is 0.966. The third kappa shape index (κ3) is 3.94. The molecular weight excluding hydrogens is 352 g/mol. The highest BCUT2D eigenvalue weighted by Crippen LogP contribution is 2.24. The number of nitrogens with one attached hydrogen (secondary N) is 1. The molecule has 3 rings (SSSR count). The number of carbonyl (C=O) groups is 2. The Balaban J connectivity index is 1.66. The highest BCUT2D eigenvalue weighted by Gasteiger charge is 2.31. The van der Waals surface area contributed by atoms with Crippen molar-refractivity contribution < 1.29 is 18.0 Å². The van der Waals surface area contributed by atoms with Crippen LogP contribution in [0.4, 0.5) is 5.69 Å². The first-order valence-electron chi connectivity index (χ1n) is 8.29. The lowest BCUT2D eigenvalue weighted by Crippen LogP contribution is -2.32. The Kier molecular flexibility index (Phi) is 5.08. The zero-order chi connectivity index (χ0) is 18.7. The van der Waals surface area contributed by atoms with E-state index in [1.54, 1.807) is 17.0 Å². The number of hydrogen-bond donors (Lipinski definition) is 1. The molecule has 2 amide bonds. The molecule has 0 aromatic heterocycles. The van der Waals surface area contributed by atoms with Gasteiger partial charge in [-0.05, 0) is 24.3 Å². The number of sulfone groups is 1. The monoisotopic (exact) mass is 372 g/mol. The van der Waals surface area contributed by atoms with Crippen molar-refractivity contribution in [2.24, 2.45) is 5.92 Å². The minimum Gasteiger partial charge on any atom is -0.352 e. The predicted molar refractivity (Wildman–Crippen MR) is 98.8 cm³/mol. The van der Waals surface area contributed by atoms with Crippen LogP contribution in [0.5, 0.6) is 0 Å². The molecule has 1 aliphatic heterocycles. The Labute approximate surface area is 152 Å². The smallest absolute Gasteiger partial charge is 0.252 e. The van der Waals surface area contributed by atoms with E-state index in [1.165, 1.54) is 12.1 Å². The van der Waals surface area contributed by atoms with E-state index >= 15 is 0 Å². The summed E-state index contributed by atoms with van der Waals surface area (Å²) >= 11 is 0. The lowest BCUT2D eigenvalue weighted by Gasteiger charge is -2.17. The van der Waals surface area contributed by atoms with Crippen molar-refractivity contribution in [2.75, 3.05) is 24.2 Å². The summed E-state index contributed by atoms with van der Waals surface area (Å²) in [5, 5.41) is 2.76. The molecule has 1 unspecified atom stereocenters. The largest absolute Gasteiger partial charge is 0.352 e. The first kappa shape index (κ1) is 18.1. The van der Waals surface area contributed by atoms with Gasteiger partial charge in [0.05, 0.1) is 10.5 Å². The minimum absolute atomic E-state index is 0.00547. The Hall–Kier alpha value is -2.67. The maximum Gasteiger partial charge on any atom is 0.252 e. The van der Waals surface area contributed by atoms with Crippen molar-refractivity contribution >= 4 is 27.3 Å². The van der Waals surface area contributed by atoms with Gasteiger partial charge in [0, 0.05) is 37.4 Å². The molecule has 1 heterocycles. The molecule has 7 heteroatoms. The van der Waals surface area contributed by atoms with Crippen LogP contribution in [0.25, 0.3) is 0 Å². The summed E-state index contributed by atoms with van der Waals surface area (Å²) in [6, 6.07) is 15.5. The fraction of sp³-hybridized carbons (Fsp3) is 0.263. The second-order valence-electron chi connectivity index (χ2n) is 6.39. The lowest BCUT2D eigenvalue weighted by atomic mass is 10.1. The van der Waals surface area contributed by atoms with Crippen molar-refractivity contribution in [3.8, 4) is 0 Å². The maximum atomic E-state index is 12.4. The summed E-state index contributed by atoms with van der Waals surface area (Å²) in [6.07, 6.45) is 1.43. The molecule has 0 bridgehead atoms. The molecule has 6 nitrogen and oxygen atoms in total. The molecule has 1 N–H and O–H groups in total. The highest BCUT2D eigenvalue weighted by molar-refractivity contribution is 7.90. The summed E-state index contributed by atoms with van der Waals surface area (Å²) < 4.78 is 23.7. The number of para-hydroxylation sites is 1. The fourth-order valence-electron chi connectivity index (χ4n) is 3.09. The molecule has 0 radical (unpaired) electrons.